The summed E-state index contributed by atoms with van der Waals surface area (Å²) in [6.45, 7) is 1.23. The summed E-state index contributed by atoms with van der Waals surface area (Å²) in [6.07, 6.45) is 2.35. The molecule has 1 saturated heterocycles. The van der Waals surface area contributed by atoms with Crippen molar-refractivity contribution in [2.75, 3.05) is 30.9 Å². The van der Waals surface area contributed by atoms with E-state index in [0.29, 0.717) is 37.4 Å². The molecule has 2 amide bonds. The minimum atomic E-state index is -2.43. The Morgan fingerprint density at radius 1 is 1.04 bits per heavy atom. The highest BCUT2D eigenvalue weighted by Gasteiger charge is 2.26. The second kappa shape index (κ2) is 8.23. The molecule has 0 spiro atoms. The molecule has 1 atom stereocenters. The van der Waals surface area contributed by atoms with Crippen molar-refractivity contribution in [3.63, 3.8) is 0 Å². The number of carbonyl (C=O) groups excluding carboxylic acids is 2. The lowest BCUT2D eigenvalue weighted by molar-refractivity contribution is 0.0532. The van der Waals surface area contributed by atoms with Gasteiger partial charge in [-0.2, -0.15) is 0 Å². The molecule has 0 bridgehead atoms. The van der Waals surface area contributed by atoms with Crippen LogP contribution in [-0.2, 0) is 11.3 Å². The zero-order valence-corrected chi connectivity index (χ0v) is 14.9. The monoisotopic (exact) mass is 391 g/mol. The molecule has 1 aliphatic rings. The van der Waals surface area contributed by atoms with Crippen LogP contribution in [0.3, 0.4) is 0 Å². The van der Waals surface area contributed by atoms with Gasteiger partial charge < -0.3 is 19.1 Å². The normalized spacial score (nSPS) is 15.3. The third kappa shape index (κ3) is 4.47. The van der Waals surface area contributed by atoms with E-state index < -0.39 is 23.0 Å². The third-order valence-electron chi connectivity index (χ3n) is 4.19. The van der Waals surface area contributed by atoms with Crippen LogP contribution in [0.4, 0.5) is 10.1 Å². The van der Waals surface area contributed by atoms with Crippen molar-refractivity contribution in [3.05, 3.63) is 59.7 Å². The molecule has 1 fully saturated rings. The first-order chi connectivity index (χ1) is 13.0. The Morgan fingerprint density at radius 3 is 2.19 bits per heavy atom. The number of halogens is 1. The number of carbonyl (C=O) groups is 2. The Hall–Kier alpha value is -2.85. The molecular weight excluding hydrogens is 375 g/mol. The van der Waals surface area contributed by atoms with Crippen LogP contribution >= 0.6 is 0 Å². The van der Waals surface area contributed by atoms with Crippen LogP contribution in [0.2, 0.25) is 0 Å². The molecule has 2 aromatic rings. The van der Waals surface area contributed by atoms with Crippen LogP contribution in [0, 0.1) is 5.82 Å². The zero-order chi connectivity index (χ0) is 19.4. The summed E-state index contributed by atoms with van der Waals surface area (Å²) in [5.41, 5.74) is 0.732. The first-order valence-corrected chi connectivity index (χ1v) is 9.17. The zero-order valence-electron chi connectivity index (χ0n) is 14.1. The molecular formula is C17H16FN4O4S-. The summed E-state index contributed by atoms with van der Waals surface area (Å²) in [7, 11) is 0. The quantitative estimate of drug-likeness (QED) is 0.784. The Morgan fingerprint density at radius 2 is 1.63 bits per heavy atom. The number of piperazine rings is 1. The predicted molar refractivity (Wildman–Crippen MR) is 95.0 cm³/mol. The number of anilines is 1. The summed E-state index contributed by atoms with van der Waals surface area (Å²) >= 11 is -2.43. The van der Waals surface area contributed by atoms with Crippen molar-refractivity contribution in [1.82, 2.24) is 14.8 Å². The maximum absolute atomic E-state index is 13.7. The molecule has 142 valence electrons. The third-order valence-corrected chi connectivity index (χ3v) is 4.59. The standard InChI is InChI=1S/C17H17FN4O4S/c18-15-11-19-6-5-14(15)17(24)22-9-7-21(8-10-22)16(23)12-1-3-13(4-2-12)20-27(25)26/h1-6,11,20H,7-10H2,(H,25,26)/p-1. The fourth-order valence-corrected chi connectivity index (χ4v) is 3.12. The van der Waals surface area contributed by atoms with Gasteiger partial charge >= 0.3 is 0 Å². The predicted octanol–water partition coefficient (Wildman–Crippen LogP) is 1.02. The molecule has 10 heteroatoms. The summed E-state index contributed by atoms with van der Waals surface area (Å²) < 4.78 is 37.1. The van der Waals surface area contributed by atoms with Crippen molar-refractivity contribution < 1.29 is 22.7 Å². The van der Waals surface area contributed by atoms with E-state index in [-0.39, 0.29) is 11.5 Å². The molecule has 1 N–H and O–H groups in total. The first kappa shape index (κ1) is 18.9. The highest BCUT2D eigenvalue weighted by Crippen LogP contribution is 2.15. The van der Waals surface area contributed by atoms with Crippen molar-refractivity contribution >= 4 is 28.8 Å². The number of benzene rings is 1. The number of hydrogen-bond acceptors (Lipinski definition) is 5. The molecule has 0 aliphatic carbocycles. The topological polar surface area (TPSA) is 106 Å². The van der Waals surface area contributed by atoms with Gasteiger partial charge in [0, 0.05) is 54.9 Å². The van der Waals surface area contributed by atoms with Crippen LogP contribution < -0.4 is 4.72 Å². The van der Waals surface area contributed by atoms with Gasteiger partial charge in [-0.25, -0.2) is 4.39 Å². The maximum atomic E-state index is 13.7. The van der Waals surface area contributed by atoms with E-state index in [2.05, 4.69) is 9.71 Å². The van der Waals surface area contributed by atoms with Gasteiger partial charge in [0.1, 0.15) is 0 Å². The number of hydrogen-bond donors (Lipinski definition) is 1. The number of rotatable bonds is 4. The number of amides is 2. The minimum Gasteiger partial charge on any atom is -0.755 e. The van der Waals surface area contributed by atoms with Gasteiger partial charge in [-0.1, -0.05) is 0 Å². The summed E-state index contributed by atoms with van der Waals surface area (Å²) in [5.74, 6) is -1.32. The molecule has 8 nitrogen and oxygen atoms in total. The van der Waals surface area contributed by atoms with Crippen molar-refractivity contribution in [1.29, 1.82) is 0 Å². The van der Waals surface area contributed by atoms with Crippen LogP contribution in [0.1, 0.15) is 20.7 Å². The van der Waals surface area contributed by atoms with E-state index in [1.54, 1.807) is 4.90 Å². The van der Waals surface area contributed by atoms with Crippen molar-refractivity contribution in [2.45, 2.75) is 0 Å². The van der Waals surface area contributed by atoms with E-state index >= 15 is 0 Å². The van der Waals surface area contributed by atoms with E-state index in [1.807, 2.05) is 0 Å². The van der Waals surface area contributed by atoms with Gasteiger partial charge in [-0.15, -0.1) is 0 Å². The molecule has 1 unspecified atom stereocenters. The largest absolute Gasteiger partial charge is 0.755 e. The minimum absolute atomic E-state index is 0.0383. The average Bonchev–Trinajstić information content (AvgIpc) is 2.67. The van der Waals surface area contributed by atoms with Gasteiger partial charge in [-0.05, 0) is 30.3 Å². The van der Waals surface area contributed by atoms with Crippen LogP contribution in [0.25, 0.3) is 0 Å². The highest BCUT2D eigenvalue weighted by atomic mass is 32.2. The second-order valence-corrected chi connectivity index (χ2v) is 6.53. The lowest BCUT2D eigenvalue weighted by Crippen LogP contribution is -2.50. The SMILES string of the molecule is O=C(c1ccc(NS(=O)[O-])cc1)N1CCN(C(=O)c2ccncc2F)CC1. The molecule has 1 aromatic heterocycles. The number of aromatic nitrogens is 1. The number of nitrogens with zero attached hydrogens (tertiary/aromatic N) is 3. The molecule has 3 rings (SSSR count). The van der Waals surface area contributed by atoms with E-state index in [9.17, 15) is 22.7 Å². The number of pyridine rings is 1. The molecule has 2 heterocycles. The Balaban J connectivity index is 1.60. The van der Waals surface area contributed by atoms with E-state index in [0.717, 1.165) is 6.20 Å². The fourth-order valence-electron chi connectivity index (χ4n) is 2.79. The van der Waals surface area contributed by atoms with Gasteiger partial charge in [0.2, 0.25) is 0 Å². The maximum Gasteiger partial charge on any atom is 0.257 e. The Bertz CT molecular complexity index is 869. The number of nitrogens with one attached hydrogen (secondary N) is 1. The van der Waals surface area contributed by atoms with Crippen LogP contribution in [0.15, 0.2) is 42.7 Å². The van der Waals surface area contributed by atoms with Gasteiger partial charge in [0.15, 0.2) is 5.82 Å². The summed E-state index contributed by atoms with van der Waals surface area (Å²) in [4.78, 5) is 31.7. The van der Waals surface area contributed by atoms with Crippen LogP contribution in [0.5, 0.6) is 0 Å². The van der Waals surface area contributed by atoms with Gasteiger partial charge in [0.05, 0.1) is 11.8 Å². The summed E-state index contributed by atoms with van der Waals surface area (Å²) in [5, 5.41) is 0. The van der Waals surface area contributed by atoms with Gasteiger partial charge in [0.25, 0.3) is 11.8 Å². The molecule has 1 aliphatic heterocycles. The Labute approximate surface area is 157 Å². The highest BCUT2D eigenvalue weighted by molar-refractivity contribution is 7.80. The first-order valence-electron chi connectivity index (χ1n) is 8.10. The molecule has 0 radical (unpaired) electrons. The average molecular weight is 391 g/mol. The fraction of sp³-hybridized carbons (Fsp3) is 0.235. The second-order valence-electron chi connectivity index (χ2n) is 5.85. The molecule has 0 saturated carbocycles. The lowest BCUT2D eigenvalue weighted by atomic mass is 10.1. The lowest BCUT2D eigenvalue weighted by Gasteiger charge is -2.35. The van der Waals surface area contributed by atoms with E-state index in [1.165, 1.54) is 41.4 Å². The molecule has 27 heavy (non-hydrogen) atoms. The van der Waals surface area contributed by atoms with Crippen LogP contribution in [-0.4, -0.2) is 61.5 Å². The van der Waals surface area contributed by atoms with Crippen molar-refractivity contribution in [2.24, 2.45) is 0 Å². The Kier molecular flexibility index (Phi) is 5.77. The molecule has 1 aromatic carbocycles. The van der Waals surface area contributed by atoms with E-state index in [4.69, 9.17) is 0 Å². The van der Waals surface area contributed by atoms with Gasteiger partial charge in [-0.3, -0.25) is 18.8 Å². The van der Waals surface area contributed by atoms with Crippen molar-refractivity contribution in [3.8, 4) is 0 Å². The summed E-state index contributed by atoms with van der Waals surface area (Å²) in [6, 6.07) is 7.38. The smallest absolute Gasteiger partial charge is 0.257 e.